The van der Waals surface area contributed by atoms with E-state index < -0.39 is 0 Å². The standard InChI is InChI=1S/C12H13NO/c1-3-9-13-11(2)14-10-12-7-5-4-6-8-12/h1,4-8,13H,2,9-10H2. The average Bonchev–Trinajstić information content (AvgIpc) is 2.25. The Morgan fingerprint density at radius 3 is 2.79 bits per heavy atom. The topological polar surface area (TPSA) is 21.3 Å². The van der Waals surface area contributed by atoms with E-state index in [9.17, 15) is 0 Å². The average molecular weight is 187 g/mol. The molecule has 0 spiro atoms. The third-order valence-corrected chi connectivity index (χ3v) is 1.64. The SMILES string of the molecule is C#CCNC(=C)OCc1ccccc1. The highest BCUT2D eigenvalue weighted by Crippen LogP contribution is 2.02. The summed E-state index contributed by atoms with van der Waals surface area (Å²) in [5.41, 5.74) is 1.11. The van der Waals surface area contributed by atoms with Crippen molar-refractivity contribution in [3.63, 3.8) is 0 Å². The molecule has 14 heavy (non-hydrogen) atoms. The van der Waals surface area contributed by atoms with Crippen LogP contribution in [0, 0.1) is 12.3 Å². The zero-order valence-electron chi connectivity index (χ0n) is 7.99. The Bertz CT molecular complexity index is 324. The first kappa shape index (κ1) is 10.2. The molecule has 0 unspecified atom stereocenters. The van der Waals surface area contributed by atoms with Gasteiger partial charge in [-0.2, -0.15) is 0 Å². The summed E-state index contributed by atoms with van der Waals surface area (Å²) in [4.78, 5) is 0. The van der Waals surface area contributed by atoms with Gasteiger partial charge < -0.3 is 10.1 Å². The van der Waals surface area contributed by atoms with E-state index in [4.69, 9.17) is 11.2 Å². The lowest BCUT2D eigenvalue weighted by Crippen LogP contribution is -2.14. The van der Waals surface area contributed by atoms with Crippen molar-refractivity contribution in [3.8, 4) is 12.3 Å². The second-order valence-electron chi connectivity index (χ2n) is 2.76. The van der Waals surface area contributed by atoms with Gasteiger partial charge in [0, 0.05) is 0 Å². The lowest BCUT2D eigenvalue weighted by atomic mass is 10.2. The Morgan fingerprint density at radius 1 is 1.43 bits per heavy atom. The first-order valence-corrected chi connectivity index (χ1v) is 4.36. The van der Waals surface area contributed by atoms with Gasteiger partial charge in [-0.25, -0.2) is 0 Å². The number of hydrogen-bond donors (Lipinski definition) is 1. The van der Waals surface area contributed by atoms with E-state index in [1.807, 2.05) is 30.3 Å². The van der Waals surface area contributed by atoms with Crippen molar-refractivity contribution in [1.82, 2.24) is 5.32 Å². The van der Waals surface area contributed by atoms with Gasteiger partial charge in [0.25, 0.3) is 0 Å². The van der Waals surface area contributed by atoms with Crippen molar-refractivity contribution in [2.24, 2.45) is 0 Å². The zero-order chi connectivity index (χ0) is 10.2. The van der Waals surface area contributed by atoms with E-state index in [-0.39, 0.29) is 0 Å². The van der Waals surface area contributed by atoms with Crippen LogP contribution < -0.4 is 5.32 Å². The van der Waals surface area contributed by atoms with Crippen LogP contribution in [0.4, 0.5) is 0 Å². The molecule has 1 aromatic carbocycles. The minimum absolute atomic E-state index is 0.438. The van der Waals surface area contributed by atoms with Crippen LogP contribution >= 0.6 is 0 Å². The summed E-state index contributed by atoms with van der Waals surface area (Å²) in [5.74, 6) is 2.95. The van der Waals surface area contributed by atoms with Crippen molar-refractivity contribution in [1.29, 1.82) is 0 Å². The van der Waals surface area contributed by atoms with Gasteiger partial charge in [-0.1, -0.05) is 36.3 Å². The Kier molecular flexibility index (Phi) is 4.16. The maximum absolute atomic E-state index is 5.33. The molecular formula is C12H13NO. The summed E-state index contributed by atoms with van der Waals surface area (Å²) in [7, 11) is 0. The zero-order valence-corrected chi connectivity index (χ0v) is 7.99. The van der Waals surface area contributed by atoms with Crippen molar-refractivity contribution in [2.75, 3.05) is 6.54 Å². The first-order valence-electron chi connectivity index (χ1n) is 4.36. The number of rotatable bonds is 5. The molecule has 0 aliphatic carbocycles. The monoisotopic (exact) mass is 187 g/mol. The maximum Gasteiger partial charge on any atom is 0.180 e. The molecule has 0 bridgehead atoms. The molecule has 0 aromatic heterocycles. The van der Waals surface area contributed by atoms with E-state index in [2.05, 4.69) is 17.8 Å². The molecule has 1 rings (SSSR count). The second-order valence-corrected chi connectivity index (χ2v) is 2.76. The van der Waals surface area contributed by atoms with E-state index in [0.717, 1.165) is 5.56 Å². The van der Waals surface area contributed by atoms with Gasteiger partial charge in [-0.05, 0) is 12.1 Å². The van der Waals surface area contributed by atoms with Crippen molar-refractivity contribution in [2.45, 2.75) is 6.61 Å². The van der Waals surface area contributed by atoms with E-state index in [1.54, 1.807) is 0 Å². The third-order valence-electron chi connectivity index (χ3n) is 1.64. The lowest BCUT2D eigenvalue weighted by molar-refractivity contribution is 0.181. The smallest absolute Gasteiger partial charge is 0.180 e. The summed E-state index contributed by atoms with van der Waals surface area (Å²) < 4.78 is 5.33. The van der Waals surface area contributed by atoms with Gasteiger partial charge in [0.1, 0.15) is 6.61 Å². The van der Waals surface area contributed by atoms with Gasteiger partial charge in [0.05, 0.1) is 6.54 Å². The Balaban J connectivity index is 2.28. The Hall–Kier alpha value is -1.88. The van der Waals surface area contributed by atoms with E-state index in [1.165, 1.54) is 0 Å². The number of ether oxygens (including phenoxy) is 1. The molecule has 72 valence electrons. The van der Waals surface area contributed by atoms with Crippen LogP contribution in [0.3, 0.4) is 0 Å². The molecule has 0 saturated heterocycles. The molecule has 0 heterocycles. The van der Waals surface area contributed by atoms with Crippen molar-refractivity contribution in [3.05, 3.63) is 48.4 Å². The number of nitrogens with one attached hydrogen (secondary N) is 1. The molecule has 0 atom stereocenters. The highest BCUT2D eigenvalue weighted by atomic mass is 16.5. The third kappa shape index (κ3) is 3.68. The number of benzene rings is 1. The molecule has 1 aromatic rings. The normalized spacial score (nSPS) is 8.79. The number of hydrogen-bond acceptors (Lipinski definition) is 2. The Labute approximate surface area is 84.6 Å². The summed E-state index contributed by atoms with van der Waals surface area (Å²) in [6.07, 6.45) is 5.07. The number of terminal acetylenes is 1. The molecule has 0 amide bonds. The first-order chi connectivity index (χ1) is 6.83. The molecule has 0 fully saturated rings. The highest BCUT2D eigenvalue weighted by molar-refractivity contribution is 5.13. The molecule has 2 nitrogen and oxygen atoms in total. The van der Waals surface area contributed by atoms with Gasteiger partial charge in [0.15, 0.2) is 5.88 Å². The highest BCUT2D eigenvalue weighted by Gasteiger charge is 1.93. The fourth-order valence-electron chi connectivity index (χ4n) is 0.945. The molecule has 2 heteroatoms. The predicted octanol–water partition coefficient (Wildman–Crippen LogP) is 1.90. The van der Waals surface area contributed by atoms with E-state index in [0.29, 0.717) is 19.0 Å². The minimum Gasteiger partial charge on any atom is -0.475 e. The molecule has 0 saturated carbocycles. The molecule has 0 aliphatic rings. The Morgan fingerprint density at radius 2 is 2.14 bits per heavy atom. The van der Waals surface area contributed by atoms with Crippen molar-refractivity contribution >= 4 is 0 Å². The van der Waals surface area contributed by atoms with Crippen LogP contribution in [0.2, 0.25) is 0 Å². The molecule has 0 radical (unpaired) electrons. The summed E-state index contributed by atoms with van der Waals surface area (Å²) in [5, 5.41) is 2.85. The molecule has 1 N–H and O–H groups in total. The minimum atomic E-state index is 0.438. The van der Waals surface area contributed by atoms with Gasteiger partial charge >= 0.3 is 0 Å². The summed E-state index contributed by atoms with van der Waals surface area (Å²) in [6, 6.07) is 9.89. The van der Waals surface area contributed by atoms with Crippen LogP contribution in [-0.2, 0) is 11.3 Å². The van der Waals surface area contributed by atoms with Gasteiger partial charge in [-0.15, -0.1) is 6.42 Å². The van der Waals surface area contributed by atoms with Crippen LogP contribution in [0.1, 0.15) is 5.56 Å². The molecule has 0 aliphatic heterocycles. The largest absolute Gasteiger partial charge is 0.475 e. The van der Waals surface area contributed by atoms with Crippen LogP contribution in [0.15, 0.2) is 42.8 Å². The maximum atomic E-state index is 5.33. The van der Waals surface area contributed by atoms with E-state index >= 15 is 0 Å². The summed E-state index contributed by atoms with van der Waals surface area (Å²) >= 11 is 0. The van der Waals surface area contributed by atoms with Crippen LogP contribution in [-0.4, -0.2) is 6.54 Å². The second kappa shape index (κ2) is 5.71. The fourth-order valence-corrected chi connectivity index (χ4v) is 0.945. The van der Waals surface area contributed by atoms with Crippen LogP contribution in [0.5, 0.6) is 0 Å². The predicted molar refractivity (Wildman–Crippen MR) is 57.2 cm³/mol. The fraction of sp³-hybridized carbons (Fsp3) is 0.167. The quantitative estimate of drug-likeness (QED) is 0.561. The molecular weight excluding hydrogens is 174 g/mol. The van der Waals surface area contributed by atoms with Gasteiger partial charge in [0.2, 0.25) is 0 Å². The van der Waals surface area contributed by atoms with Crippen molar-refractivity contribution < 1.29 is 4.74 Å². The van der Waals surface area contributed by atoms with Gasteiger partial charge in [-0.3, -0.25) is 0 Å². The van der Waals surface area contributed by atoms with Crippen LogP contribution in [0.25, 0.3) is 0 Å². The summed E-state index contributed by atoms with van der Waals surface area (Å²) in [6.45, 7) is 4.63. The lowest BCUT2D eigenvalue weighted by Gasteiger charge is -2.09.